The van der Waals surface area contributed by atoms with Crippen LogP contribution in [0.15, 0.2) is 42.6 Å². The predicted octanol–water partition coefficient (Wildman–Crippen LogP) is 3.32. The molecule has 5 heteroatoms. The molecule has 0 bridgehead atoms. The van der Waals surface area contributed by atoms with E-state index in [0.717, 1.165) is 5.82 Å². The second-order valence-electron chi connectivity index (χ2n) is 5.19. The van der Waals surface area contributed by atoms with E-state index in [0.29, 0.717) is 5.92 Å². The van der Waals surface area contributed by atoms with Crippen molar-refractivity contribution in [2.24, 2.45) is 0 Å². The Morgan fingerprint density at radius 1 is 1.05 bits per heavy atom. The molecule has 1 aromatic heterocycles. The van der Waals surface area contributed by atoms with Gasteiger partial charge < -0.3 is 9.62 Å². The summed E-state index contributed by atoms with van der Waals surface area (Å²) in [6, 6.07) is 12.6. The van der Waals surface area contributed by atoms with Gasteiger partial charge >= 0.3 is 7.55 Å². The van der Waals surface area contributed by atoms with Crippen molar-refractivity contribution < 1.29 is 20.1 Å². The van der Waals surface area contributed by atoms with Crippen LogP contribution in [0.4, 0.5) is 17.2 Å². The Labute approximate surface area is 134 Å². The first-order valence-corrected chi connectivity index (χ1v) is 6.59. The Morgan fingerprint density at radius 2 is 1.75 bits per heavy atom. The van der Waals surface area contributed by atoms with Gasteiger partial charge in [-0.25, -0.2) is 4.98 Å². The van der Waals surface area contributed by atoms with Gasteiger partial charge in [0.2, 0.25) is 0 Å². The van der Waals surface area contributed by atoms with Gasteiger partial charge in [-0.15, -0.1) is 0 Å². The topological polar surface area (TPSA) is 19.4 Å². The van der Waals surface area contributed by atoms with Crippen molar-refractivity contribution in [3.8, 4) is 0 Å². The average molecular weight is 442 g/mol. The number of fused-ring (bicyclic) bond motifs is 1. The van der Waals surface area contributed by atoms with Crippen LogP contribution in [0.5, 0.6) is 0 Å². The molecule has 3 nitrogen and oxygen atoms in total. The molecular weight excluding hydrogens is 425 g/mol. The molecule has 0 aliphatic carbocycles. The van der Waals surface area contributed by atoms with Crippen LogP contribution in [-0.4, -0.2) is 19.6 Å². The summed E-state index contributed by atoms with van der Waals surface area (Å²) in [5.74, 6) is 1.47. The van der Waals surface area contributed by atoms with Crippen molar-refractivity contribution in [2.45, 2.75) is 19.8 Å². The molecule has 0 atom stereocenters. The van der Waals surface area contributed by atoms with Crippen LogP contribution in [0, 0.1) is 0 Å². The zero-order valence-corrected chi connectivity index (χ0v) is 14.3. The zero-order chi connectivity index (χ0) is 13.4. The van der Waals surface area contributed by atoms with Crippen LogP contribution in [-0.2, 0) is 20.1 Å². The summed E-state index contributed by atoms with van der Waals surface area (Å²) in [4.78, 5) is 8.83. The van der Waals surface area contributed by atoms with Gasteiger partial charge in [0.15, 0.2) is 0 Å². The molecule has 20 heavy (non-hydrogen) atoms. The molecule has 1 aromatic carbocycles. The first-order valence-electron chi connectivity index (χ1n) is 6.59. The molecule has 0 unspecified atom stereocenters. The number of aromatic nitrogens is 1. The van der Waals surface area contributed by atoms with Crippen molar-refractivity contribution in [1.29, 1.82) is 0 Å². The quantitative estimate of drug-likeness (QED) is 0.666. The monoisotopic (exact) mass is 443 g/mol. The maximum Gasteiger partial charge on any atom is 0.397 e. The Kier molecular flexibility index (Phi) is 4.51. The molecule has 0 amide bonds. The largest absolute Gasteiger partial charge is 0.400 e. The third-order valence-corrected chi connectivity index (χ3v) is 3.49. The van der Waals surface area contributed by atoms with E-state index in [-0.39, 0.29) is 20.1 Å². The Bertz CT molecular complexity index is 586. The van der Waals surface area contributed by atoms with Crippen LogP contribution < -0.4 is 9.62 Å². The van der Waals surface area contributed by atoms with Gasteiger partial charge in [-0.2, -0.15) is 0 Å². The number of hydrogen-bond donors (Lipinski definition) is 0. The van der Waals surface area contributed by atoms with Gasteiger partial charge in [-0.3, -0.25) is 0 Å². The summed E-state index contributed by atoms with van der Waals surface area (Å²) in [6.45, 7) is 4.36. The summed E-state index contributed by atoms with van der Waals surface area (Å²) in [7, 11) is 4.13. The van der Waals surface area contributed by atoms with E-state index in [2.05, 4.69) is 79.4 Å². The second kappa shape index (κ2) is 5.98. The van der Waals surface area contributed by atoms with Crippen molar-refractivity contribution in [3.05, 3.63) is 48.2 Å². The number of nitrogens with zero attached hydrogens (tertiary/aromatic N) is 3. The fourth-order valence-electron chi connectivity index (χ4n) is 2.33. The van der Waals surface area contributed by atoms with Crippen molar-refractivity contribution in [2.75, 3.05) is 16.7 Å². The minimum atomic E-state index is 0. The number of benzene rings is 1. The minimum Gasteiger partial charge on any atom is -0.400 e. The number of rotatable bonds is 2. The first kappa shape index (κ1) is 15.1. The van der Waals surface area contributed by atoms with Crippen molar-refractivity contribution in [3.63, 3.8) is 0 Å². The predicted molar refractivity (Wildman–Crippen MR) is 81.1 cm³/mol. The number of pyridine rings is 1. The fraction of sp³-hybridized carbons (Fsp3) is 0.267. The summed E-state index contributed by atoms with van der Waals surface area (Å²) in [5.41, 5.74) is 3.65. The molecule has 0 saturated carbocycles. The van der Waals surface area contributed by atoms with E-state index >= 15 is 0 Å². The van der Waals surface area contributed by atoms with E-state index in [1.165, 1.54) is 16.9 Å². The van der Waals surface area contributed by atoms with Gasteiger partial charge in [0.1, 0.15) is 5.82 Å². The molecule has 1 aliphatic heterocycles. The van der Waals surface area contributed by atoms with Crippen molar-refractivity contribution >= 4 is 24.7 Å². The maximum absolute atomic E-state index is 4.58. The molecule has 2 aromatic rings. The van der Waals surface area contributed by atoms with Crippen molar-refractivity contribution in [1.82, 2.24) is 4.98 Å². The van der Waals surface area contributed by atoms with Gasteiger partial charge in [0.05, 0.1) is 5.69 Å². The van der Waals surface area contributed by atoms with Crippen LogP contribution in [0.3, 0.4) is 0 Å². The molecule has 104 valence electrons. The zero-order valence-electron chi connectivity index (χ0n) is 11.9. The van der Waals surface area contributed by atoms with E-state index in [1.54, 1.807) is 0 Å². The number of hydrogen-bond acceptors (Lipinski definition) is 3. The molecular formula is C15H17BIrN3. The van der Waals surface area contributed by atoms with E-state index in [4.69, 9.17) is 0 Å². The molecule has 0 fully saturated rings. The molecule has 0 N–H and O–H groups in total. The first-order chi connectivity index (χ1) is 9.16. The molecule has 2 heterocycles. The standard InChI is InChI=1S/C15H17BN3.Ir/c1-11(2)12-8-9-15(17-10-12)19-14-7-5-4-6-13(14)18(3)16-19;/h4-11H,1-3H3;. The SMILES string of the molecule is CC(C)c1ccc(N2[B]N(C)c3ccccc32)nc1.[Ir]. The van der Waals surface area contributed by atoms with Crippen LogP contribution in [0.2, 0.25) is 0 Å². The van der Waals surface area contributed by atoms with Gasteiger partial charge in [0.25, 0.3) is 0 Å². The Morgan fingerprint density at radius 3 is 2.35 bits per heavy atom. The van der Waals surface area contributed by atoms with E-state index < -0.39 is 0 Å². The Balaban J connectivity index is 0.00000147. The number of para-hydroxylation sites is 2. The van der Waals surface area contributed by atoms with Gasteiger partial charge in [0, 0.05) is 32.0 Å². The van der Waals surface area contributed by atoms with E-state index in [9.17, 15) is 0 Å². The molecule has 1 aliphatic rings. The number of anilines is 3. The van der Waals surface area contributed by atoms with Crippen LogP contribution >= 0.6 is 0 Å². The van der Waals surface area contributed by atoms with Gasteiger partial charge in [-0.05, 0) is 36.7 Å². The summed E-state index contributed by atoms with van der Waals surface area (Å²) in [5, 5.41) is 0. The maximum atomic E-state index is 4.58. The van der Waals surface area contributed by atoms with Gasteiger partial charge in [-0.1, -0.05) is 32.0 Å². The Hall–Kier alpha value is -1.32. The fourth-order valence-corrected chi connectivity index (χ4v) is 2.33. The summed E-state index contributed by atoms with van der Waals surface area (Å²) >= 11 is 0. The third-order valence-electron chi connectivity index (χ3n) is 3.49. The normalized spacial score (nSPS) is 13.0. The van der Waals surface area contributed by atoms with Crippen LogP contribution in [0.1, 0.15) is 25.3 Å². The molecule has 2 radical (unpaired) electrons. The average Bonchev–Trinajstić information content (AvgIpc) is 2.77. The van der Waals surface area contributed by atoms with Crippen LogP contribution in [0.25, 0.3) is 0 Å². The smallest absolute Gasteiger partial charge is 0.397 e. The molecule has 0 saturated heterocycles. The third kappa shape index (κ3) is 2.61. The molecule has 3 rings (SSSR count). The summed E-state index contributed by atoms with van der Waals surface area (Å²) in [6.07, 6.45) is 1.97. The summed E-state index contributed by atoms with van der Waals surface area (Å²) < 4.78 is 0. The van der Waals surface area contributed by atoms with E-state index in [1.807, 2.05) is 6.20 Å². The minimum absolute atomic E-state index is 0. The molecule has 0 spiro atoms. The second-order valence-corrected chi connectivity index (χ2v) is 5.19.